The molecule has 7 heteroatoms. The summed E-state index contributed by atoms with van der Waals surface area (Å²) in [7, 11) is -3.43. The number of H-pyrrole nitrogens is 1. The highest BCUT2D eigenvalue weighted by molar-refractivity contribution is 7.89. The number of nitrogens with one attached hydrogen (secondary N) is 2. The number of hydrogen-bond acceptors (Lipinski definition) is 4. The van der Waals surface area contributed by atoms with E-state index < -0.39 is 10.0 Å². The van der Waals surface area contributed by atoms with Crippen molar-refractivity contribution in [3.05, 3.63) is 12.0 Å². The molecule has 2 rings (SSSR count). The Hall–Kier alpha value is -0.920. The molecule has 0 aliphatic carbocycles. The van der Waals surface area contributed by atoms with E-state index in [-0.39, 0.29) is 11.1 Å². The van der Waals surface area contributed by atoms with Crippen molar-refractivity contribution in [2.24, 2.45) is 0 Å². The van der Waals surface area contributed by atoms with Crippen molar-refractivity contribution < 1.29 is 8.42 Å². The van der Waals surface area contributed by atoms with Crippen LogP contribution in [0.3, 0.4) is 0 Å². The van der Waals surface area contributed by atoms with Crippen molar-refractivity contribution >= 4 is 10.0 Å². The summed E-state index contributed by atoms with van der Waals surface area (Å²) in [5.74, 6) is 0.709. The van der Waals surface area contributed by atoms with Crippen molar-refractivity contribution in [1.29, 1.82) is 0 Å². The number of piperidine rings is 1. The molecule has 1 aromatic rings. The van der Waals surface area contributed by atoms with Gasteiger partial charge in [0.1, 0.15) is 5.82 Å². The van der Waals surface area contributed by atoms with Crippen LogP contribution in [0, 0.1) is 0 Å². The fourth-order valence-corrected chi connectivity index (χ4v) is 3.93. The number of imidazole rings is 1. The zero-order valence-electron chi connectivity index (χ0n) is 12.2. The van der Waals surface area contributed by atoms with Gasteiger partial charge in [-0.2, -0.15) is 4.31 Å². The minimum atomic E-state index is -3.43. The molecule has 1 aliphatic heterocycles. The van der Waals surface area contributed by atoms with E-state index in [9.17, 15) is 8.42 Å². The predicted octanol–water partition coefficient (Wildman–Crippen LogP) is 1.12. The smallest absolute Gasteiger partial charge is 0.260 e. The maximum atomic E-state index is 12.6. The second-order valence-electron chi connectivity index (χ2n) is 5.20. The van der Waals surface area contributed by atoms with Gasteiger partial charge >= 0.3 is 0 Å². The van der Waals surface area contributed by atoms with Crippen LogP contribution in [0.1, 0.15) is 38.9 Å². The summed E-state index contributed by atoms with van der Waals surface area (Å²) in [6.07, 6.45) is 5.13. The van der Waals surface area contributed by atoms with E-state index in [0.29, 0.717) is 25.3 Å². The van der Waals surface area contributed by atoms with Crippen molar-refractivity contribution in [2.45, 2.75) is 50.6 Å². The number of hydrogen-bond donors (Lipinski definition) is 2. The molecular weight excluding hydrogens is 276 g/mol. The molecule has 0 aromatic carbocycles. The first-order chi connectivity index (χ1) is 9.57. The molecule has 1 aliphatic rings. The largest absolute Gasteiger partial charge is 0.332 e. The molecule has 0 radical (unpaired) electrons. The number of rotatable bonds is 6. The lowest BCUT2D eigenvalue weighted by molar-refractivity contribution is 0.283. The number of sulfonamides is 1. The maximum absolute atomic E-state index is 12.6. The second-order valence-corrected chi connectivity index (χ2v) is 7.11. The highest BCUT2D eigenvalue weighted by Crippen LogP contribution is 2.19. The van der Waals surface area contributed by atoms with Crippen LogP contribution in [-0.2, 0) is 16.4 Å². The summed E-state index contributed by atoms with van der Waals surface area (Å²) in [6, 6.07) is 0.257. The van der Waals surface area contributed by atoms with Crippen LogP contribution in [0.4, 0.5) is 0 Å². The number of aryl methyl sites for hydroxylation is 1. The van der Waals surface area contributed by atoms with E-state index in [0.717, 1.165) is 25.8 Å². The zero-order valence-corrected chi connectivity index (χ0v) is 13.0. The predicted molar refractivity (Wildman–Crippen MR) is 78.0 cm³/mol. The molecule has 1 atom stereocenters. The molecule has 20 heavy (non-hydrogen) atoms. The van der Waals surface area contributed by atoms with E-state index in [2.05, 4.69) is 22.2 Å². The van der Waals surface area contributed by atoms with Gasteiger partial charge in [-0.3, -0.25) is 0 Å². The second kappa shape index (κ2) is 6.69. The summed E-state index contributed by atoms with van der Waals surface area (Å²) in [6.45, 7) is 6.13. The van der Waals surface area contributed by atoms with Gasteiger partial charge in [-0.15, -0.1) is 0 Å². The number of aromatic nitrogens is 2. The Kier molecular flexibility index (Phi) is 5.17. The summed E-state index contributed by atoms with van der Waals surface area (Å²) >= 11 is 0. The summed E-state index contributed by atoms with van der Waals surface area (Å²) < 4.78 is 26.7. The summed E-state index contributed by atoms with van der Waals surface area (Å²) in [5, 5.41) is 3.62. The van der Waals surface area contributed by atoms with E-state index in [1.54, 1.807) is 4.31 Å². The van der Waals surface area contributed by atoms with Gasteiger partial charge in [0.2, 0.25) is 0 Å². The Balaban J connectivity index is 2.08. The lowest BCUT2D eigenvalue weighted by Crippen LogP contribution is -2.48. The molecule has 0 amide bonds. The first kappa shape index (κ1) is 15.5. The molecule has 1 fully saturated rings. The molecule has 1 unspecified atom stereocenters. The summed E-state index contributed by atoms with van der Waals surface area (Å²) in [4.78, 5) is 6.98. The number of aromatic amines is 1. The first-order valence-corrected chi connectivity index (χ1v) is 8.79. The average molecular weight is 300 g/mol. The minimum absolute atomic E-state index is 0.213. The minimum Gasteiger partial charge on any atom is -0.332 e. The van der Waals surface area contributed by atoms with E-state index in [1.807, 2.05) is 6.92 Å². The molecule has 0 spiro atoms. The van der Waals surface area contributed by atoms with Gasteiger partial charge < -0.3 is 10.3 Å². The molecule has 1 saturated heterocycles. The Morgan fingerprint density at radius 2 is 2.30 bits per heavy atom. The fourth-order valence-electron chi connectivity index (χ4n) is 2.47. The van der Waals surface area contributed by atoms with Gasteiger partial charge in [-0.1, -0.05) is 13.8 Å². The van der Waals surface area contributed by atoms with Crippen molar-refractivity contribution in [1.82, 2.24) is 19.6 Å². The highest BCUT2D eigenvalue weighted by Gasteiger charge is 2.31. The first-order valence-electron chi connectivity index (χ1n) is 7.35. The Labute approximate surface area is 121 Å². The standard InChI is InChI=1S/C13H24N4O2S/c1-3-7-14-11-6-5-8-17(10-11)20(18,19)13-9-15-12(4-2)16-13/h9,11,14H,3-8,10H2,1-2H3,(H,15,16). The molecular formula is C13H24N4O2S. The van der Waals surface area contributed by atoms with E-state index in [4.69, 9.17) is 0 Å². The van der Waals surface area contributed by atoms with Gasteiger partial charge in [0.25, 0.3) is 10.0 Å². The third-order valence-corrected chi connectivity index (χ3v) is 5.40. The van der Waals surface area contributed by atoms with Crippen LogP contribution in [0.15, 0.2) is 11.2 Å². The number of nitrogens with zero attached hydrogens (tertiary/aromatic N) is 2. The van der Waals surface area contributed by atoms with Gasteiger partial charge in [0.15, 0.2) is 5.03 Å². The van der Waals surface area contributed by atoms with Crippen LogP contribution in [0.5, 0.6) is 0 Å². The molecule has 114 valence electrons. The van der Waals surface area contributed by atoms with E-state index >= 15 is 0 Å². The quantitative estimate of drug-likeness (QED) is 0.825. The SMILES string of the molecule is CCCNC1CCCN(S(=O)(=O)c2cnc(CC)[nH]2)C1. The van der Waals surface area contributed by atoms with Crippen LogP contribution in [0.2, 0.25) is 0 Å². The highest BCUT2D eigenvalue weighted by atomic mass is 32.2. The molecule has 1 aromatic heterocycles. The lowest BCUT2D eigenvalue weighted by Gasteiger charge is -2.32. The Morgan fingerprint density at radius 3 is 2.95 bits per heavy atom. The Morgan fingerprint density at radius 1 is 1.50 bits per heavy atom. The van der Waals surface area contributed by atoms with Gasteiger partial charge in [-0.05, 0) is 25.8 Å². The fraction of sp³-hybridized carbons (Fsp3) is 0.769. The van der Waals surface area contributed by atoms with Crippen molar-refractivity contribution in [3.63, 3.8) is 0 Å². The monoisotopic (exact) mass is 300 g/mol. The van der Waals surface area contributed by atoms with Crippen LogP contribution < -0.4 is 5.32 Å². The average Bonchev–Trinajstić information content (AvgIpc) is 2.95. The van der Waals surface area contributed by atoms with Gasteiger partial charge in [0, 0.05) is 25.6 Å². The van der Waals surface area contributed by atoms with Gasteiger partial charge in [-0.25, -0.2) is 13.4 Å². The molecule has 2 N–H and O–H groups in total. The molecule has 2 heterocycles. The molecule has 6 nitrogen and oxygen atoms in total. The normalized spacial score (nSPS) is 21.2. The van der Waals surface area contributed by atoms with Crippen LogP contribution in [-0.4, -0.2) is 48.4 Å². The lowest BCUT2D eigenvalue weighted by atomic mass is 10.1. The zero-order chi connectivity index (χ0) is 14.6. The topological polar surface area (TPSA) is 78.1 Å². The maximum Gasteiger partial charge on any atom is 0.260 e. The van der Waals surface area contributed by atoms with Crippen LogP contribution in [0.25, 0.3) is 0 Å². The van der Waals surface area contributed by atoms with Crippen molar-refractivity contribution in [3.8, 4) is 0 Å². The third-order valence-electron chi connectivity index (χ3n) is 3.62. The molecule has 0 bridgehead atoms. The van der Waals surface area contributed by atoms with Gasteiger partial charge in [0.05, 0.1) is 6.20 Å². The van der Waals surface area contributed by atoms with E-state index in [1.165, 1.54) is 6.20 Å². The summed E-state index contributed by atoms with van der Waals surface area (Å²) in [5.41, 5.74) is 0. The van der Waals surface area contributed by atoms with Crippen molar-refractivity contribution in [2.75, 3.05) is 19.6 Å². The van der Waals surface area contributed by atoms with Crippen LogP contribution >= 0.6 is 0 Å². The third kappa shape index (κ3) is 3.39. The molecule has 0 saturated carbocycles. The Bertz CT molecular complexity index is 526.